The molecule has 3 aliphatic rings. The van der Waals surface area contributed by atoms with Gasteiger partial charge in [0.25, 0.3) is 0 Å². The lowest BCUT2D eigenvalue weighted by atomic mass is 9.53. The van der Waals surface area contributed by atoms with Crippen molar-refractivity contribution in [2.45, 2.75) is 30.7 Å². The van der Waals surface area contributed by atoms with Crippen LogP contribution in [0.3, 0.4) is 0 Å². The highest BCUT2D eigenvalue weighted by Crippen LogP contribution is 2.57. The lowest BCUT2D eigenvalue weighted by molar-refractivity contribution is -0.118. The third-order valence-corrected chi connectivity index (χ3v) is 6.07. The van der Waals surface area contributed by atoms with Crippen LogP contribution < -0.4 is 9.47 Å². The van der Waals surface area contributed by atoms with Gasteiger partial charge in [-0.3, -0.25) is 4.79 Å². The second-order valence-electron chi connectivity index (χ2n) is 7.02. The van der Waals surface area contributed by atoms with E-state index in [2.05, 4.69) is 24.1 Å². The van der Waals surface area contributed by atoms with E-state index in [-0.39, 0.29) is 11.2 Å². The van der Waals surface area contributed by atoms with Crippen molar-refractivity contribution in [1.29, 1.82) is 0 Å². The molecule has 0 aromatic heterocycles. The van der Waals surface area contributed by atoms with Crippen LogP contribution in [0.5, 0.6) is 11.5 Å². The van der Waals surface area contributed by atoms with Crippen molar-refractivity contribution in [3.63, 3.8) is 0 Å². The van der Waals surface area contributed by atoms with Crippen LogP contribution in [-0.4, -0.2) is 44.5 Å². The van der Waals surface area contributed by atoms with Gasteiger partial charge in [0.1, 0.15) is 0 Å². The fraction of sp³-hybridized carbons (Fsp3) is 0.526. The Labute approximate surface area is 137 Å². The second-order valence-corrected chi connectivity index (χ2v) is 7.02. The molecule has 1 aliphatic heterocycles. The number of ketones is 1. The third kappa shape index (κ3) is 1.91. The van der Waals surface area contributed by atoms with Gasteiger partial charge in [-0.1, -0.05) is 12.1 Å². The standard InChI is InChI=1S/C19H23NO3/c1-20-9-8-19-11-13(21)5-6-14(19)15(20)10-12-4-7-16(22-2)18(23-3)17(12)19/h4-7,14-15H,8-11H2,1-3H3/t14-,15?,19?/m0/s1. The van der Waals surface area contributed by atoms with E-state index >= 15 is 0 Å². The van der Waals surface area contributed by atoms with Crippen molar-refractivity contribution >= 4 is 5.78 Å². The summed E-state index contributed by atoms with van der Waals surface area (Å²) in [6.45, 7) is 1.02. The molecule has 3 atom stereocenters. The Balaban J connectivity index is 2.00. The first-order chi connectivity index (χ1) is 11.1. The number of rotatable bonds is 2. The number of carbonyl (C=O) groups excluding carboxylic acids is 1. The number of hydrogen-bond donors (Lipinski definition) is 0. The van der Waals surface area contributed by atoms with E-state index in [4.69, 9.17) is 9.47 Å². The van der Waals surface area contributed by atoms with Gasteiger partial charge in [0, 0.05) is 29.4 Å². The van der Waals surface area contributed by atoms with Gasteiger partial charge < -0.3 is 14.4 Å². The summed E-state index contributed by atoms with van der Waals surface area (Å²) in [4.78, 5) is 14.7. The number of piperidine rings is 1. The molecule has 4 rings (SSSR count). The normalized spacial score (nSPS) is 32.2. The number of nitrogens with zero attached hydrogens (tertiary/aromatic N) is 1. The highest BCUT2D eigenvalue weighted by atomic mass is 16.5. The Bertz CT molecular complexity index is 696. The Hall–Kier alpha value is -1.81. The van der Waals surface area contributed by atoms with Crippen molar-refractivity contribution in [3.05, 3.63) is 35.4 Å². The smallest absolute Gasteiger partial charge is 0.164 e. The topological polar surface area (TPSA) is 38.8 Å². The van der Waals surface area contributed by atoms with Crippen LogP contribution in [0.2, 0.25) is 0 Å². The van der Waals surface area contributed by atoms with Crippen LogP contribution in [0, 0.1) is 5.92 Å². The van der Waals surface area contributed by atoms with Gasteiger partial charge in [-0.05, 0) is 44.1 Å². The van der Waals surface area contributed by atoms with E-state index in [9.17, 15) is 4.79 Å². The van der Waals surface area contributed by atoms with Gasteiger partial charge in [-0.15, -0.1) is 0 Å². The van der Waals surface area contributed by atoms with Gasteiger partial charge in [0.15, 0.2) is 17.3 Å². The van der Waals surface area contributed by atoms with Gasteiger partial charge >= 0.3 is 0 Å². The molecule has 0 saturated carbocycles. The average Bonchev–Trinajstić information content (AvgIpc) is 2.56. The molecule has 23 heavy (non-hydrogen) atoms. The summed E-state index contributed by atoms with van der Waals surface area (Å²) in [6, 6.07) is 4.60. The fourth-order valence-electron chi connectivity index (χ4n) is 5.02. The predicted molar refractivity (Wildman–Crippen MR) is 88.2 cm³/mol. The van der Waals surface area contributed by atoms with Gasteiger partial charge in [0.05, 0.1) is 14.2 Å². The molecule has 122 valence electrons. The highest BCUT2D eigenvalue weighted by molar-refractivity contribution is 5.92. The number of hydrogen-bond acceptors (Lipinski definition) is 4. The molecule has 0 spiro atoms. The van der Waals surface area contributed by atoms with Crippen molar-refractivity contribution in [1.82, 2.24) is 4.90 Å². The zero-order chi connectivity index (χ0) is 16.2. The van der Waals surface area contributed by atoms with E-state index in [0.29, 0.717) is 18.4 Å². The number of benzene rings is 1. The van der Waals surface area contributed by atoms with Crippen molar-refractivity contribution in [3.8, 4) is 11.5 Å². The number of carbonyl (C=O) groups is 1. The molecule has 1 aromatic rings. The molecule has 4 heteroatoms. The van der Waals surface area contributed by atoms with E-state index in [1.54, 1.807) is 20.3 Å². The average molecular weight is 313 g/mol. The van der Waals surface area contributed by atoms with Gasteiger partial charge in [-0.2, -0.15) is 0 Å². The molecule has 1 fully saturated rings. The molecule has 1 saturated heterocycles. The van der Waals surface area contributed by atoms with Crippen LogP contribution in [0.4, 0.5) is 0 Å². The van der Waals surface area contributed by atoms with Crippen LogP contribution in [0.25, 0.3) is 0 Å². The molecule has 2 aliphatic carbocycles. The zero-order valence-corrected chi connectivity index (χ0v) is 14.0. The van der Waals surface area contributed by atoms with E-state index in [0.717, 1.165) is 30.9 Å². The minimum atomic E-state index is -0.142. The van der Waals surface area contributed by atoms with E-state index in [1.165, 1.54) is 11.1 Å². The Morgan fingerprint density at radius 1 is 1.26 bits per heavy atom. The first-order valence-corrected chi connectivity index (χ1v) is 8.26. The minimum Gasteiger partial charge on any atom is -0.493 e. The summed E-state index contributed by atoms with van der Waals surface area (Å²) in [7, 11) is 5.57. The summed E-state index contributed by atoms with van der Waals surface area (Å²) >= 11 is 0. The number of likely N-dealkylation sites (N-methyl/N-ethyl adjacent to an activating group) is 1. The molecule has 2 bridgehead atoms. The number of likely N-dealkylation sites (tertiary alicyclic amines) is 1. The summed E-state index contributed by atoms with van der Waals surface area (Å²) in [5.74, 6) is 2.18. The molecule has 2 unspecified atom stereocenters. The van der Waals surface area contributed by atoms with Crippen LogP contribution in [-0.2, 0) is 16.6 Å². The maximum absolute atomic E-state index is 12.3. The lowest BCUT2D eigenvalue weighted by Gasteiger charge is -2.56. The molecule has 0 N–H and O–H groups in total. The monoisotopic (exact) mass is 313 g/mol. The predicted octanol–water partition coefficient (Wildman–Crippen LogP) is 2.35. The molecule has 4 nitrogen and oxygen atoms in total. The van der Waals surface area contributed by atoms with E-state index in [1.807, 2.05) is 6.07 Å². The lowest BCUT2D eigenvalue weighted by Crippen LogP contribution is -2.59. The van der Waals surface area contributed by atoms with Crippen LogP contribution >= 0.6 is 0 Å². The van der Waals surface area contributed by atoms with Crippen molar-refractivity contribution in [2.75, 3.05) is 27.8 Å². The zero-order valence-electron chi connectivity index (χ0n) is 14.0. The molecule has 0 radical (unpaired) electrons. The molecule has 1 aromatic carbocycles. The quantitative estimate of drug-likeness (QED) is 0.840. The third-order valence-electron chi connectivity index (χ3n) is 6.07. The molecular weight excluding hydrogens is 290 g/mol. The highest BCUT2D eigenvalue weighted by Gasteiger charge is 2.55. The Morgan fingerprint density at radius 2 is 2.09 bits per heavy atom. The number of ether oxygens (including phenoxy) is 2. The summed E-state index contributed by atoms with van der Waals surface area (Å²) < 4.78 is 11.3. The number of fused-ring (bicyclic) bond motifs is 1. The van der Waals surface area contributed by atoms with Gasteiger partial charge in [0.2, 0.25) is 0 Å². The fourth-order valence-corrected chi connectivity index (χ4v) is 5.02. The molecule has 0 amide bonds. The number of methoxy groups -OCH3 is 2. The SMILES string of the molecule is COc1ccc2c(c1OC)C13CCN(C)C(C2)[C@@H]1C=CC(=O)C3. The number of allylic oxidation sites excluding steroid dienone is 1. The maximum Gasteiger partial charge on any atom is 0.164 e. The van der Waals surface area contributed by atoms with Gasteiger partial charge in [-0.25, -0.2) is 0 Å². The van der Waals surface area contributed by atoms with Crippen molar-refractivity contribution < 1.29 is 14.3 Å². The van der Waals surface area contributed by atoms with Crippen LogP contribution in [0.15, 0.2) is 24.3 Å². The summed E-state index contributed by atoms with van der Waals surface area (Å²) in [6.07, 6.45) is 6.49. The van der Waals surface area contributed by atoms with E-state index < -0.39 is 0 Å². The second kappa shape index (κ2) is 5.10. The summed E-state index contributed by atoms with van der Waals surface area (Å²) in [5.41, 5.74) is 2.38. The minimum absolute atomic E-state index is 0.142. The first-order valence-electron chi connectivity index (χ1n) is 8.26. The maximum atomic E-state index is 12.3. The Kier molecular flexibility index (Phi) is 3.27. The largest absolute Gasteiger partial charge is 0.493 e. The first kappa shape index (κ1) is 14.8. The molecule has 1 heterocycles. The summed E-state index contributed by atoms with van der Waals surface area (Å²) in [5, 5.41) is 0. The Morgan fingerprint density at radius 3 is 2.83 bits per heavy atom. The van der Waals surface area contributed by atoms with Crippen LogP contribution in [0.1, 0.15) is 24.0 Å². The molecular formula is C19H23NO3. The van der Waals surface area contributed by atoms with Crippen molar-refractivity contribution in [2.24, 2.45) is 5.92 Å².